The maximum atomic E-state index is 12.7. The van der Waals surface area contributed by atoms with Crippen molar-refractivity contribution in [2.45, 2.75) is 19.4 Å². The fraction of sp³-hybridized carbons (Fsp3) is 0.320. The van der Waals surface area contributed by atoms with E-state index in [0.29, 0.717) is 25.2 Å². The first-order valence-electron chi connectivity index (χ1n) is 10.7. The molecule has 2 heterocycles. The number of benzene rings is 2. The van der Waals surface area contributed by atoms with Gasteiger partial charge in [-0.2, -0.15) is 5.26 Å². The molecule has 0 atom stereocenters. The predicted octanol–water partition coefficient (Wildman–Crippen LogP) is 3.66. The lowest BCUT2D eigenvalue weighted by atomic mass is 9.94. The minimum Gasteiger partial charge on any atom is -0.497 e. The van der Waals surface area contributed by atoms with Crippen LogP contribution in [0, 0.1) is 17.2 Å². The molecule has 1 N–H and O–H groups in total. The van der Waals surface area contributed by atoms with Crippen LogP contribution < -0.4 is 19.7 Å². The summed E-state index contributed by atoms with van der Waals surface area (Å²) < 4.78 is 10.5. The molecule has 7 heteroatoms. The van der Waals surface area contributed by atoms with E-state index in [1.165, 1.54) is 0 Å². The third-order valence-corrected chi connectivity index (χ3v) is 5.97. The van der Waals surface area contributed by atoms with Crippen LogP contribution in [0.2, 0.25) is 0 Å². The highest BCUT2D eigenvalue weighted by atomic mass is 16.5. The van der Waals surface area contributed by atoms with Crippen molar-refractivity contribution in [2.75, 3.05) is 32.2 Å². The third kappa shape index (κ3) is 4.45. The number of nitrogens with one attached hydrogen (secondary N) is 1. The summed E-state index contributed by atoms with van der Waals surface area (Å²) in [7, 11) is 3.26. The minimum atomic E-state index is -0.0438. The quantitative estimate of drug-likeness (QED) is 0.642. The minimum absolute atomic E-state index is 0.0438. The second-order valence-corrected chi connectivity index (χ2v) is 7.84. The lowest BCUT2D eigenvalue weighted by Gasteiger charge is -2.34. The maximum Gasteiger partial charge on any atom is 0.223 e. The molecule has 0 unspecified atom stereocenters. The maximum absolute atomic E-state index is 12.7. The summed E-state index contributed by atoms with van der Waals surface area (Å²) in [6.45, 7) is 1.90. The lowest BCUT2D eigenvalue weighted by Crippen LogP contribution is -2.40. The lowest BCUT2D eigenvalue weighted by molar-refractivity contribution is -0.125. The highest BCUT2D eigenvalue weighted by molar-refractivity contribution is 5.95. The second kappa shape index (κ2) is 9.56. The van der Waals surface area contributed by atoms with Gasteiger partial charge in [0.05, 0.1) is 31.0 Å². The van der Waals surface area contributed by atoms with Gasteiger partial charge in [-0.3, -0.25) is 9.78 Å². The van der Waals surface area contributed by atoms with Crippen molar-refractivity contribution in [1.29, 1.82) is 5.26 Å². The highest BCUT2D eigenvalue weighted by Crippen LogP contribution is 2.34. The Labute approximate surface area is 187 Å². The average Bonchev–Trinajstić information content (AvgIpc) is 2.86. The van der Waals surface area contributed by atoms with E-state index in [4.69, 9.17) is 9.47 Å². The van der Waals surface area contributed by atoms with Gasteiger partial charge in [0.2, 0.25) is 5.91 Å². The van der Waals surface area contributed by atoms with Crippen LogP contribution in [-0.4, -0.2) is 38.2 Å². The zero-order valence-corrected chi connectivity index (χ0v) is 18.3. The molecule has 164 valence electrons. The number of hydrogen-bond acceptors (Lipinski definition) is 6. The van der Waals surface area contributed by atoms with Crippen LogP contribution in [0.15, 0.2) is 48.7 Å². The first-order valence-corrected chi connectivity index (χ1v) is 10.7. The molecule has 1 aliphatic rings. The van der Waals surface area contributed by atoms with Crippen molar-refractivity contribution in [1.82, 2.24) is 10.3 Å². The summed E-state index contributed by atoms with van der Waals surface area (Å²) in [5.41, 5.74) is 3.26. The smallest absolute Gasteiger partial charge is 0.223 e. The monoisotopic (exact) mass is 430 g/mol. The summed E-state index contributed by atoms with van der Waals surface area (Å²) in [5.74, 6) is 1.55. The normalized spacial score (nSPS) is 14.1. The van der Waals surface area contributed by atoms with Crippen LogP contribution in [0.4, 0.5) is 5.69 Å². The van der Waals surface area contributed by atoms with E-state index in [2.05, 4.69) is 21.3 Å². The van der Waals surface area contributed by atoms with E-state index in [9.17, 15) is 10.1 Å². The first kappa shape index (κ1) is 21.4. The zero-order chi connectivity index (χ0) is 22.5. The Bertz CT molecular complexity index is 1150. The number of piperidine rings is 1. The van der Waals surface area contributed by atoms with Gasteiger partial charge < -0.3 is 19.7 Å². The van der Waals surface area contributed by atoms with Gasteiger partial charge in [-0.05, 0) is 48.7 Å². The fourth-order valence-corrected chi connectivity index (χ4v) is 4.15. The molecule has 1 saturated heterocycles. The number of nitrogens with zero attached hydrogens (tertiary/aromatic N) is 3. The van der Waals surface area contributed by atoms with Crippen molar-refractivity contribution in [2.24, 2.45) is 5.92 Å². The molecule has 0 saturated carbocycles. The molecule has 4 rings (SSSR count). The number of methoxy groups -OCH3 is 2. The molecule has 7 nitrogen and oxygen atoms in total. The van der Waals surface area contributed by atoms with E-state index < -0.39 is 0 Å². The van der Waals surface area contributed by atoms with Crippen LogP contribution >= 0.6 is 0 Å². The number of pyridine rings is 1. The number of nitriles is 1. The molecule has 0 bridgehead atoms. The second-order valence-electron chi connectivity index (χ2n) is 7.84. The number of carbonyl (C=O) groups is 1. The van der Waals surface area contributed by atoms with Crippen LogP contribution in [-0.2, 0) is 11.3 Å². The van der Waals surface area contributed by atoms with Gasteiger partial charge in [0.15, 0.2) is 0 Å². The fourth-order valence-electron chi connectivity index (χ4n) is 4.15. The number of fused-ring (bicyclic) bond motifs is 1. The number of anilines is 1. The van der Waals surface area contributed by atoms with E-state index in [-0.39, 0.29) is 11.8 Å². The molecule has 0 spiro atoms. The number of amides is 1. The highest BCUT2D eigenvalue weighted by Gasteiger charge is 2.27. The topological polar surface area (TPSA) is 87.5 Å². The molecule has 1 amide bonds. The molecule has 3 aromatic rings. The Morgan fingerprint density at radius 2 is 1.81 bits per heavy atom. The van der Waals surface area contributed by atoms with Crippen molar-refractivity contribution >= 4 is 22.5 Å². The summed E-state index contributed by atoms with van der Waals surface area (Å²) in [4.78, 5) is 19.3. The van der Waals surface area contributed by atoms with Gasteiger partial charge in [-0.25, -0.2) is 0 Å². The van der Waals surface area contributed by atoms with Crippen molar-refractivity contribution < 1.29 is 14.3 Å². The number of aromatic nitrogens is 1. The molecular weight excluding hydrogens is 404 g/mol. The van der Waals surface area contributed by atoms with Gasteiger partial charge in [-0.15, -0.1) is 0 Å². The van der Waals surface area contributed by atoms with Crippen LogP contribution in [0.3, 0.4) is 0 Å². The number of ether oxygens (including phenoxy) is 2. The van der Waals surface area contributed by atoms with Gasteiger partial charge in [0.25, 0.3) is 0 Å². The van der Waals surface area contributed by atoms with E-state index in [1.807, 2.05) is 42.5 Å². The molecule has 0 aliphatic carbocycles. The summed E-state index contributed by atoms with van der Waals surface area (Å²) in [6.07, 6.45) is 3.08. The van der Waals surface area contributed by atoms with Gasteiger partial charge in [-0.1, -0.05) is 12.1 Å². The van der Waals surface area contributed by atoms with Crippen LogP contribution in [0.25, 0.3) is 10.9 Å². The predicted molar refractivity (Wildman–Crippen MR) is 123 cm³/mol. The Hall–Kier alpha value is -3.79. The average molecular weight is 431 g/mol. The van der Waals surface area contributed by atoms with E-state index in [1.54, 1.807) is 20.4 Å². The zero-order valence-electron chi connectivity index (χ0n) is 18.3. The van der Waals surface area contributed by atoms with Crippen molar-refractivity contribution in [3.8, 4) is 17.6 Å². The van der Waals surface area contributed by atoms with Gasteiger partial charge >= 0.3 is 0 Å². The molecule has 1 aliphatic heterocycles. The van der Waals surface area contributed by atoms with Crippen molar-refractivity contribution in [3.05, 3.63) is 59.8 Å². The Morgan fingerprint density at radius 1 is 1.12 bits per heavy atom. The standard InChI is InChI=1S/C25H26N4O3/c1-31-20-5-3-17(4-6-20)15-28-25(30)18-9-11-29(12-10-18)24-19(14-26)16-27-23-8-7-21(32-2)13-22(23)24/h3-8,13,16,18H,9-12,15H2,1-2H3,(H,28,30). The first-order chi connectivity index (χ1) is 15.6. The van der Waals surface area contributed by atoms with Crippen LogP contribution in [0.1, 0.15) is 24.0 Å². The Balaban J connectivity index is 1.43. The van der Waals surface area contributed by atoms with Gasteiger partial charge in [0, 0.05) is 37.1 Å². The Kier molecular flexibility index (Phi) is 6.41. The summed E-state index contributed by atoms with van der Waals surface area (Å²) in [6, 6.07) is 15.6. The van der Waals surface area contributed by atoms with E-state index in [0.717, 1.165) is 46.5 Å². The summed E-state index contributed by atoms with van der Waals surface area (Å²) >= 11 is 0. The number of carbonyl (C=O) groups excluding carboxylic acids is 1. The molecule has 1 fully saturated rings. The number of rotatable bonds is 6. The summed E-state index contributed by atoms with van der Waals surface area (Å²) in [5, 5.41) is 13.6. The Morgan fingerprint density at radius 3 is 2.47 bits per heavy atom. The SMILES string of the molecule is COc1ccc(CNC(=O)C2CCN(c3c(C#N)cnc4ccc(OC)cc34)CC2)cc1. The molecule has 1 aromatic heterocycles. The van der Waals surface area contributed by atoms with E-state index >= 15 is 0 Å². The molecular formula is C25H26N4O3. The largest absolute Gasteiger partial charge is 0.497 e. The number of hydrogen-bond donors (Lipinski definition) is 1. The third-order valence-electron chi connectivity index (χ3n) is 5.97. The molecule has 32 heavy (non-hydrogen) atoms. The van der Waals surface area contributed by atoms with Gasteiger partial charge in [0.1, 0.15) is 17.6 Å². The van der Waals surface area contributed by atoms with Crippen molar-refractivity contribution in [3.63, 3.8) is 0 Å². The molecule has 0 radical (unpaired) electrons. The van der Waals surface area contributed by atoms with Crippen LogP contribution in [0.5, 0.6) is 11.5 Å². The molecule has 2 aromatic carbocycles.